The van der Waals surface area contributed by atoms with Crippen molar-refractivity contribution in [1.82, 2.24) is 0 Å². The second-order valence-electron chi connectivity index (χ2n) is 5.81. The molecule has 0 heterocycles. The van der Waals surface area contributed by atoms with Crippen LogP contribution in [0.2, 0.25) is 0 Å². The first kappa shape index (κ1) is 23.9. The molecule has 0 radical (unpaired) electrons. The Balaban J connectivity index is 0. The van der Waals surface area contributed by atoms with Gasteiger partial charge in [0.2, 0.25) is 0 Å². The van der Waals surface area contributed by atoms with Gasteiger partial charge in [0.15, 0.2) is 5.34 Å². The molecule has 0 aromatic rings. The average molecular weight is 329 g/mol. The molecule has 0 unspecified atom stereocenters. The van der Waals surface area contributed by atoms with Gasteiger partial charge in [-0.1, -0.05) is 70.4 Å². The molecule has 5 heteroatoms. The van der Waals surface area contributed by atoms with Crippen molar-refractivity contribution in [2.75, 3.05) is 0 Å². The second-order valence-corrected chi connectivity index (χ2v) is 5.81. The molecule has 0 fully saturated rings. The van der Waals surface area contributed by atoms with Crippen LogP contribution in [-0.4, -0.2) is 16.3 Å². The maximum Gasteiger partial charge on any atom is 0.303 e. The molecule has 0 spiro atoms. The molecule has 0 aliphatic heterocycles. The van der Waals surface area contributed by atoms with Gasteiger partial charge >= 0.3 is 5.97 Å². The van der Waals surface area contributed by atoms with Crippen LogP contribution in [0.25, 0.3) is 0 Å². The van der Waals surface area contributed by atoms with Gasteiger partial charge in [-0.3, -0.25) is 4.79 Å². The van der Waals surface area contributed by atoms with Crippen LogP contribution in [0.3, 0.4) is 0 Å². The zero-order chi connectivity index (χ0) is 17.6. The molecule has 0 saturated carbocycles. The van der Waals surface area contributed by atoms with E-state index in [1.165, 1.54) is 76.0 Å². The fourth-order valence-electron chi connectivity index (χ4n) is 2.35. The molecule has 2 N–H and O–H groups in total. The van der Waals surface area contributed by atoms with Gasteiger partial charge in [0.1, 0.15) is 0 Å². The maximum absolute atomic E-state index is 10.3. The summed E-state index contributed by atoms with van der Waals surface area (Å²) in [6.45, 7) is 2.26. The SMILES string of the molecule is CCCCCCCCC=CCCCCCCCC(=O)O.O=NO. The van der Waals surface area contributed by atoms with E-state index in [1.54, 1.807) is 0 Å². The van der Waals surface area contributed by atoms with Gasteiger partial charge in [-0.25, -0.2) is 0 Å². The van der Waals surface area contributed by atoms with Gasteiger partial charge in [-0.15, -0.1) is 4.91 Å². The molecule has 0 aliphatic carbocycles. The molecule has 136 valence electrons. The Morgan fingerprint density at radius 1 is 0.826 bits per heavy atom. The van der Waals surface area contributed by atoms with Crippen molar-refractivity contribution in [3.05, 3.63) is 17.1 Å². The minimum absolute atomic E-state index is 0.332. The summed E-state index contributed by atoms with van der Waals surface area (Å²) in [5.74, 6) is -0.664. The van der Waals surface area contributed by atoms with Gasteiger partial charge in [0, 0.05) is 6.42 Å². The molecule has 0 aromatic heterocycles. The van der Waals surface area contributed by atoms with Crippen molar-refractivity contribution in [3.8, 4) is 0 Å². The molecule has 0 saturated heterocycles. The van der Waals surface area contributed by atoms with Crippen LogP contribution in [0.5, 0.6) is 0 Å². The van der Waals surface area contributed by atoms with Crippen molar-refractivity contribution in [3.63, 3.8) is 0 Å². The number of unbranched alkanes of at least 4 members (excludes halogenated alkanes) is 11. The van der Waals surface area contributed by atoms with Crippen LogP contribution < -0.4 is 0 Å². The molecule has 0 bridgehead atoms. The third-order valence-electron chi connectivity index (χ3n) is 3.65. The highest BCUT2D eigenvalue weighted by atomic mass is 16.6. The Kier molecular flexibility index (Phi) is 23.8. The summed E-state index contributed by atoms with van der Waals surface area (Å²) in [6.07, 6.45) is 21.2. The van der Waals surface area contributed by atoms with Crippen LogP contribution >= 0.6 is 0 Å². The average Bonchev–Trinajstić information content (AvgIpc) is 2.51. The third kappa shape index (κ3) is 29.3. The molecular formula is C18H35NO4. The summed E-state index contributed by atoms with van der Waals surface area (Å²) >= 11 is 0. The van der Waals surface area contributed by atoms with E-state index in [0.29, 0.717) is 6.42 Å². The number of carboxylic acid groups (broad SMARTS) is 1. The van der Waals surface area contributed by atoms with Crippen LogP contribution in [0, 0.1) is 4.91 Å². The van der Waals surface area contributed by atoms with Gasteiger partial charge in [0.25, 0.3) is 0 Å². The van der Waals surface area contributed by atoms with Crippen LogP contribution in [0.1, 0.15) is 96.8 Å². The smallest absolute Gasteiger partial charge is 0.303 e. The van der Waals surface area contributed by atoms with Crippen LogP contribution in [0.15, 0.2) is 17.5 Å². The van der Waals surface area contributed by atoms with Crippen LogP contribution in [0.4, 0.5) is 0 Å². The summed E-state index contributed by atoms with van der Waals surface area (Å²) in [5.41, 5.74) is 0. The number of rotatable bonds is 15. The van der Waals surface area contributed by atoms with Gasteiger partial charge < -0.3 is 10.3 Å². The van der Waals surface area contributed by atoms with Crippen LogP contribution in [-0.2, 0) is 4.79 Å². The van der Waals surface area contributed by atoms with E-state index in [-0.39, 0.29) is 0 Å². The minimum atomic E-state index is -0.664. The topological polar surface area (TPSA) is 87.0 Å². The fraction of sp³-hybridized carbons (Fsp3) is 0.833. The zero-order valence-corrected chi connectivity index (χ0v) is 14.7. The lowest BCUT2D eigenvalue weighted by Gasteiger charge is -1.99. The number of aliphatic carboxylic acids is 1. The number of carboxylic acids is 1. The van der Waals surface area contributed by atoms with Crippen molar-refractivity contribution in [1.29, 1.82) is 0 Å². The highest BCUT2D eigenvalue weighted by Crippen LogP contribution is 2.09. The molecular weight excluding hydrogens is 294 g/mol. The number of hydrogen-bond acceptors (Lipinski definition) is 3. The first-order valence-corrected chi connectivity index (χ1v) is 9.02. The zero-order valence-electron chi connectivity index (χ0n) is 14.7. The van der Waals surface area contributed by atoms with E-state index in [2.05, 4.69) is 19.1 Å². The number of hydrogen-bond donors (Lipinski definition) is 2. The molecule has 23 heavy (non-hydrogen) atoms. The number of nitrogens with zero attached hydrogens (tertiary/aromatic N) is 1. The largest absolute Gasteiger partial charge is 0.481 e. The first-order valence-electron chi connectivity index (χ1n) is 9.02. The van der Waals surface area contributed by atoms with Crippen molar-refractivity contribution < 1.29 is 15.1 Å². The standard InChI is InChI=1S/C18H34O2.HNO2/c1-2-3-4-5-6-7-8-9-10-11-12-13-14-15-16-17-18(19)20;2-1-3/h9-10H,2-8,11-17H2,1H3,(H,19,20);(H,2,3). The van der Waals surface area contributed by atoms with Gasteiger partial charge in [0.05, 0.1) is 0 Å². The van der Waals surface area contributed by atoms with Crippen molar-refractivity contribution in [2.24, 2.45) is 5.34 Å². The lowest BCUT2D eigenvalue weighted by Crippen LogP contribution is -1.93. The Bertz CT molecular complexity index is 280. The lowest BCUT2D eigenvalue weighted by molar-refractivity contribution is -0.137. The normalized spacial score (nSPS) is 10.3. The van der Waals surface area contributed by atoms with Gasteiger partial charge in [-0.2, -0.15) is 0 Å². The fourth-order valence-corrected chi connectivity index (χ4v) is 2.35. The number of allylic oxidation sites excluding steroid dienone is 2. The van der Waals surface area contributed by atoms with E-state index in [9.17, 15) is 4.79 Å². The summed E-state index contributed by atoms with van der Waals surface area (Å²) < 4.78 is 0. The maximum atomic E-state index is 10.3. The Morgan fingerprint density at radius 3 is 1.65 bits per heavy atom. The lowest BCUT2D eigenvalue weighted by atomic mass is 10.1. The highest BCUT2D eigenvalue weighted by Gasteiger charge is 1.95. The monoisotopic (exact) mass is 329 g/mol. The Hall–Kier alpha value is -1.39. The second kappa shape index (κ2) is 22.9. The predicted octanol–water partition coefficient (Wildman–Crippen LogP) is 6.25. The summed E-state index contributed by atoms with van der Waals surface area (Å²) in [7, 11) is 0. The highest BCUT2D eigenvalue weighted by molar-refractivity contribution is 5.66. The van der Waals surface area contributed by atoms with E-state index in [0.717, 1.165) is 12.8 Å². The quantitative estimate of drug-likeness (QED) is 0.161. The van der Waals surface area contributed by atoms with E-state index in [1.807, 2.05) is 0 Å². The predicted molar refractivity (Wildman–Crippen MR) is 94.7 cm³/mol. The summed E-state index contributed by atoms with van der Waals surface area (Å²) in [5, 5.41) is 16.4. The molecule has 0 aliphatic rings. The molecule has 0 atom stereocenters. The third-order valence-corrected chi connectivity index (χ3v) is 3.65. The van der Waals surface area contributed by atoms with E-state index in [4.69, 9.17) is 15.2 Å². The summed E-state index contributed by atoms with van der Waals surface area (Å²) in [6, 6.07) is 0. The molecule has 0 aromatic carbocycles. The van der Waals surface area contributed by atoms with E-state index >= 15 is 0 Å². The number of carbonyl (C=O) groups is 1. The van der Waals surface area contributed by atoms with Gasteiger partial charge in [-0.05, 0) is 32.1 Å². The molecule has 5 nitrogen and oxygen atoms in total. The first-order chi connectivity index (χ1) is 11.2. The van der Waals surface area contributed by atoms with Crippen molar-refractivity contribution >= 4 is 5.97 Å². The van der Waals surface area contributed by atoms with Crippen molar-refractivity contribution in [2.45, 2.75) is 96.8 Å². The molecule has 0 amide bonds. The minimum Gasteiger partial charge on any atom is -0.481 e. The Labute approximate surface area is 141 Å². The molecule has 0 rings (SSSR count). The van der Waals surface area contributed by atoms with E-state index < -0.39 is 5.97 Å². The summed E-state index contributed by atoms with van der Waals surface area (Å²) in [4.78, 5) is 18.4. The Morgan fingerprint density at radius 2 is 1.22 bits per heavy atom.